The van der Waals surface area contributed by atoms with Crippen LogP contribution in [0.5, 0.6) is 0 Å². The molecule has 1 aliphatic rings. The van der Waals surface area contributed by atoms with Crippen LogP contribution in [-0.4, -0.2) is 24.7 Å². The zero-order valence-electron chi connectivity index (χ0n) is 16.1. The maximum atomic E-state index is 13.7. The Kier molecular flexibility index (Phi) is 6.05. The molecule has 7 heteroatoms. The molecule has 28 heavy (non-hydrogen) atoms. The number of hydrogen-bond acceptors (Lipinski definition) is 4. The fourth-order valence-corrected chi connectivity index (χ4v) is 8.20. The predicted molar refractivity (Wildman–Crippen MR) is 111 cm³/mol. The number of ketones is 1. The lowest BCUT2D eigenvalue weighted by atomic mass is 9.84. The Morgan fingerprint density at radius 1 is 1.00 bits per heavy atom. The Hall–Kier alpha value is -1.99. The van der Waals surface area contributed by atoms with E-state index in [1.165, 1.54) is 18.4 Å². The number of aryl methyl sites for hydroxylation is 1. The van der Waals surface area contributed by atoms with E-state index in [9.17, 15) is 17.4 Å². The van der Waals surface area contributed by atoms with Gasteiger partial charge in [0.25, 0.3) is 10.0 Å². The number of rotatable bonds is 5. The van der Waals surface area contributed by atoms with Crippen molar-refractivity contribution < 1.29 is 17.4 Å². The van der Waals surface area contributed by atoms with Crippen LogP contribution in [0.4, 0.5) is 0 Å². The van der Waals surface area contributed by atoms with Gasteiger partial charge < -0.3 is 0 Å². The highest BCUT2D eigenvalue weighted by molar-refractivity contribution is 8.03. The van der Waals surface area contributed by atoms with Crippen LogP contribution in [0.15, 0.2) is 63.3 Å². The van der Waals surface area contributed by atoms with Gasteiger partial charge in [0.05, 0.1) is 19.9 Å². The summed E-state index contributed by atoms with van der Waals surface area (Å²) in [5.41, 5.74) is 1.69. The molecular formula is C21H25NO4S2. The smallest absolute Gasteiger partial charge is 0.290 e. The minimum absolute atomic E-state index is 0.0270. The van der Waals surface area contributed by atoms with Gasteiger partial charge in [-0.1, -0.05) is 48.0 Å². The van der Waals surface area contributed by atoms with E-state index in [0.29, 0.717) is 12.8 Å². The molecule has 2 aromatic carbocycles. The zero-order chi connectivity index (χ0) is 20.4. The third kappa shape index (κ3) is 4.70. The lowest BCUT2D eigenvalue weighted by molar-refractivity contribution is -0.121. The fourth-order valence-electron chi connectivity index (χ4n) is 3.84. The van der Waals surface area contributed by atoms with E-state index in [4.69, 9.17) is 0 Å². The molecule has 1 fully saturated rings. The van der Waals surface area contributed by atoms with Gasteiger partial charge in [0.1, 0.15) is 5.78 Å². The predicted octanol–water partition coefficient (Wildman–Crippen LogP) is 4.28. The fraction of sp³-hybridized carbons (Fsp3) is 0.381. The van der Waals surface area contributed by atoms with Crippen LogP contribution in [0, 0.1) is 12.8 Å². The summed E-state index contributed by atoms with van der Waals surface area (Å²) in [6.07, 6.45) is 3.70. The molecule has 1 saturated carbocycles. The first-order valence-electron chi connectivity index (χ1n) is 9.30. The normalized spacial score (nSPS) is 20.9. The Morgan fingerprint density at radius 3 is 2.25 bits per heavy atom. The Balaban J connectivity index is 2.09. The van der Waals surface area contributed by atoms with Gasteiger partial charge in [0.2, 0.25) is 0 Å². The lowest BCUT2D eigenvalue weighted by Crippen LogP contribution is -2.27. The highest BCUT2D eigenvalue weighted by atomic mass is 32.3. The first-order chi connectivity index (χ1) is 13.2. The van der Waals surface area contributed by atoms with Crippen molar-refractivity contribution in [2.24, 2.45) is 9.69 Å². The van der Waals surface area contributed by atoms with Crippen LogP contribution in [0.25, 0.3) is 0 Å². The Bertz CT molecular complexity index is 1070. The molecule has 0 bridgehead atoms. The maximum absolute atomic E-state index is 13.7. The number of carbonyl (C=O) groups excluding carboxylic acids is 1. The van der Waals surface area contributed by atoms with Crippen molar-refractivity contribution in [2.45, 2.75) is 42.8 Å². The molecular weight excluding hydrogens is 394 g/mol. The van der Waals surface area contributed by atoms with Gasteiger partial charge in [0.15, 0.2) is 0 Å². The zero-order valence-corrected chi connectivity index (χ0v) is 17.7. The first kappa shape index (κ1) is 20.7. The maximum Gasteiger partial charge on any atom is 0.290 e. The number of nitrogens with zero attached hydrogens (tertiary/aromatic N) is 1. The van der Waals surface area contributed by atoms with E-state index < -0.39 is 25.0 Å². The van der Waals surface area contributed by atoms with E-state index >= 15 is 0 Å². The molecule has 0 saturated heterocycles. The van der Waals surface area contributed by atoms with Gasteiger partial charge in [-0.05, 0) is 43.4 Å². The number of Topliss-reactive ketones (excluding diaryl/α,β-unsaturated/α-hetero) is 1. The topological polar surface area (TPSA) is 80.6 Å². The van der Waals surface area contributed by atoms with Gasteiger partial charge in [-0.25, -0.2) is 4.21 Å². The second-order valence-electron chi connectivity index (χ2n) is 7.45. The van der Waals surface area contributed by atoms with Crippen molar-refractivity contribution in [3.8, 4) is 0 Å². The summed E-state index contributed by atoms with van der Waals surface area (Å²) in [5.74, 6) is -0.0492. The van der Waals surface area contributed by atoms with Crippen molar-refractivity contribution in [2.75, 3.05) is 6.26 Å². The molecule has 0 N–H and O–H groups in total. The summed E-state index contributed by atoms with van der Waals surface area (Å²) in [5, 5.41) is -0.613. The standard InChI is InChI=1S/C21H25NO4S2/c1-16-11-13-20(14-12-16)28(25,26)22-27(2,24)21(17-7-4-3-5-8-17)18-9-6-10-19(23)15-18/h3-5,7-8,11-14,18,21H,6,9-10,15H2,1-2H3/t18-,21+,27+/m0/s1. The first-order valence-corrected chi connectivity index (χ1v) is 12.7. The summed E-state index contributed by atoms with van der Waals surface area (Å²) in [6.45, 7) is 1.86. The summed E-state index contributed by atoms with van der Waals surface area (Å²) in [6, 6.07) is 15.5. The van der Waals surface area contributed by atoms with Crippen LogP contribution in [0.1, 0.15) is 42.1 Å². The molecule has 0 aliphatic heterocycles. The SMILES string of the molecule is Cc1ccc(S(=O)(=O)N=[S@](C)(=O)[C@H](c2ccccc2)[C@H]2CCCC(=O)C2)cc1. The van der Waals surface area contributed by atoms with Crippen LogP contribution < -0.4 is 0 Å². The van der Waals surface area contributed by atoms with Crippen molar-refractivity contribution in [1.29, 1.82) is 0 Å². The van der Waals surface area contributed by atoms with E-state index in [1.807, 2.05) is 37.3 Å². The van der Waals surface area contributed by atoms with Gasteiger partial charge >= 0.3 is 0 Å². The molecule has 0 amide bonds. The van der Waals surface area contributed by atoms with Crippen molar-refractivity contribution in [3.05, 3.63) is 65.7 Å². The van der Waals surface area contributed by atoms with Gasteiger partial charge in [-0.3, -0.25) is 4.79 Å². The summed E-state index contributed by atoms with van der Waals surface area (Å²) in [4.78, 5) is 12.1. The van der Waals surface area contributed by atoms with Crippen LogP contribution in [0.2, 0.25) is 0 Å². The molecule has 1 aliphatic carbocycles. The van der Waals surface area contributed by atoms with Gasteiger partial charge in [-0.2, -0.15) is 8.42 Å². The highest BCUT2D eigenvalue weighted by Crippen LogP contribution is 2.39. The summed E-state index contributed by atoms with van der Waals surface area (Å²) >= 11 is 0. The van der Waals surface area contributed by atoms with E-state index in [2.05, 4.69) is 3.77 Å². The third-order valence-corrected chi connectivity index (χ3v) is 9.55. The molecule has 2 aromatic rings. The van der Waals surface area contributed by atoms with Crippen LogP contribution in [0.3, 0.4) is 0 Å². The Labute approximate surface area is 167 Å². The highest BCUT2D eigenvalue weighted by Gasteiger charge is 2.35. The molecule has 3 rings (SSSR count). The van der Waals surface area contributed by atoms with E-state index in [-0.39, 0.29) is 16.6 Å². The minimum Gasteiger partial charge on any atom is -0.300 e. The molecule has 0 spiro atoms. The number of benzene rings is 2. The van der Waals surface area contributed by atoms with Crippen LogP contribution in [-0.2, 0) is 24.5 Å². The molecule has 150 valence electrons. The van der Waals surface area contributed by atoms with Gasteiger partial charge in [-0.15, -0.1) is 3.77 Å². The number of hydrogen-bond donors (Lipinski definition) is 0. The molecule has 0 heterocycles. The second kappa shape index (κ2) is 8.17. The van der Waals surface area contributed by atoms with Crippen molar-refractivity contribution in [3.63, 3.8) is 0 Å². The van der Waals surface area contributed by atoms with E-state index in [1.54, 1.807) is 12.1 Å². The monoisotopic (exact) mass is 419 g/mol. The molecule has 5 nitrogen and oxygen atoms in total. The number of sulfonamides is 1. The second-order valence-corrected chi connectivity index (χ2v) is 11.7. The minimum atomic E-state index is -4.08. The molecule has 0 radical (unpaired) electrons. The van der Waals surface area contributed by atoms with E-state index in [0.717, 1.165) is 24.0 Å². The molecule has 3 atom stereocenters. The summed E-state index contributed by atoms with van der Waals surface area (Å²) in [7, 11) is -7.25. The van der Waals surface area contributed by atoms with Gasteiger partial charge in [0, 0.05) is 19.1 Å². The third-order valence-electron chi connectivity index (χ3n) is 5.11. The molecule has 0 aromatic heterocycles. The van der Waals surface area contributed by atoms with Crippen molar-refractivity contribution in [1.82, 2.24) is 0 Å². The van der Waals surface area contributed by atoms with Crippen LogP contribution >= 0.6 is 0 Å². The molecule has 0 unspecified atom stereocenters. The average Bonchev–Trinajstić information content (AvgIpc) is 2.62. The largest absolute Gasteiger partial charge is 0.300 e. The quantitative estimate of drug-likeness (QED) is 0.724. The number of carbonyl (C=O) groups is 1. The van der Waals surface area contributed by atoms with Crippen molar-refractivity contribution >= 4 is 25.5 Å². The Morgan fingerprint density at radius 2 is 1.64 bits per heavy atom. The lowest BCUT2D eigenvalue weighted by Gasteiger charge is -2.30. The average molecular weight is 420 g/mol. The summed E-state index contributed by atoms with van der Waals surface area (Å²) < 4.78 is 43.3.